The summed E-state index contributed by atoms with van der Waals surface area (Å²) in [5.74, 6) is -4.78. The van der Waals surface area contributed by atoms with Crippen molar-refractivity contribution < 1.29 is 114 Å². The predicted octanol–water partition coefficient (Wildman–Crippen LogP) is 16.2. The Morgan fingerprint density at radius 2 is 0.326 bits per heavy atom. The van der Waals surface area contributed by atoms with E-state index >= 15 is 28.8 Å². The minimum absolute atomic E-state index is 0.0398. The molecule has 1 aliphatic carbocycles. The Morgan fingerprint density at radius 1 is 0.220 bits per heavy atom. The number of fused-ring (bicyclic) bond motifs is 12. The van der Waals surface area contributed by atoms with Gasteiger partial charge in [-0.05, 0) is 65.9 Å². The third-order valence-corrected chi connectivity index (χ3v) is 20.8. The first-order valence-electron chi connectivity index (χ1n) is 43.3. The molecule has 708 valence electrons. The molecule has 0 saturated heterocycles. The molecule has 6 aromatic carbocycles. The maximum absolute atomic E-state index is 15.0. The molecule has 0 spiro atoms. The van der Waals surface area contributed by atoms with Crippen molar-refractivity contribution >= 4 is 72.4 Å². The second kappa shape index (κ2) is 46.6. The molecule has 6 aromatic rings. The van der Waals surface area contributed by atoms with Crippen LogP contribution in [-0.4, -0.2) is 151 Å². The zero-order chi connectivity index (χ0) is 98.0. The molecule has 0 atom stereocenters. The number of benzene rings is 6. The number of nitrogens with one attached hydrogen (secondary N) is 6. The molecule has 0 unspecified atom stereocenters. The normalized spacial score (nSPS) is 12.1. The highest BCUT2D eigenvalue weighted by Gasteiger charge is 2.35. The number of amides is 6. The van der Waals surface area contributed by atoms with Crippen LogP contribution in [0.3, 0.4) is 0 Å². The van der Waals surface area contributed by atoms with Crippen LogP contribution in [0.1, 0.15) is 225 Å². The van der Waals surface area contributed by atoms with Gasteiger partial charge in [-0.1, -0.05) is 237 Å². The van der Waals surface area contributed by atoms with E-state index < -0.39 is 105 Å². The topological polar surface area (TPSA) is 388 Å². The third-order valence-electron chi connectivity index (χ3n) is 20.8. The van der Waals surface area contributed by atoms with Crippen molar-refractivity contribution in [3.8, 4) is 34.5 Å². The summed E-state index contributed by atoms with van der Waals surface area (Å²) in [7, 11) is 0. The number of hydrogen-bond donors (Lipinski definition) is 6. The molecule has 7 rings (SSSR count). The number of carbonyl (C=O) groups excluding carboxylic acids is 12. The number of rotatable bonds is 30. The molecule has 1 aliphatic rings. The first-order chi connectivity index (χ1) is 61.8. The summed E-state index contributed by atoms with van der Waals surface area (Å²) in [4.78, 5) is 165. The molecule has 12 bridgehead atoms. The average molecular weight is 1820 g/mol. The Hall–Kier alpha value is -13.8. The van der Waals surface area contributed by atoms with Crippen LogP contribution in [0.2, 0.25) is 0 Å². The lowest BCUT2D eigenvalue weighted by Gasteiger charge is -2.28. The van der Waals surface area contributed by atoms with E-state index in [1.54, 1.807) is 0 Å². The molecular formula is C102H126N6O24. The fourth-order valence-electron chi connectivity index (χ4n) is 13.7. The molecule has 0 aromatic heterocycles. The zero-order valence-electron chi connectivity index (χ0n) is 79.2. The highest BCUT2D eigenvalue weighted by molar-refractivity contribution is 5.85. The number of hydrogen-bond acceptors (Lipinski definition) is 24. The van der Waals surface area contributed by atoms with Gasteiger partial charge in [-0.15, -0.1) is 0 Å². The van der Waals surface area contributed by atoms with E-state index in [9.17, 15) is 28.8 Å². The summed E-state index contributed by atoms with van der Waals surface area (Å²) in [5, 5.41) is 16.3. The molecule has 6 amide bonds. The van der Waals surface area contributed by atoms with Crippen LogP contribution >= 0.6 is 0 Å². The Morgan fingerprint density at radius 3 is 0.417 bits per heavy atom. The van der Waals surface area contributed by atoms with E-state index in [0.29, 0.717) is 100 Å². The molecule has 0 heterocycles. The molecular weight excluding hydrogens is 1690 g/mol. The van der Waals surface area contributed by atoms with Gasteiger partial charge in [0.25, 0.3) is 0 Å². The third kappa shape index (κ3) is 31.8. The number of ether oxygens (including phenoxy) is 12. The van der Waals surface area contributed by atoms with E-state index in [4.69, 9.17) is 56.8 Å². The summed E-state index contributed by atoms with van der Waals surface area (Å²) >= 11 is 0. The van der Waals surface area contributed by atoms with Crippen molar-refractivity contribution in [3.05, 3.63) is 249 Å². The molecule has 30 nitrogen and oxygen atoms in total. The van der Waals surface area contributed by atoms with Crippen molar-refractivity contribution in [1.82, 2.24) is 31.9 Å². The fourth-order valence-corrected chi connectivity index (χ4v) is 13.7. The van der Waals surface area contributed by atoms with Crippen LogP contribution in [-0.2, 0) is 128 Å². The van der Waals surface area contributed by atoms with Crippen LogP contribution in [0, 0.1) is 0 Å². The molecule has 0 radical (unpaired) electrons. The average Bonchev–Trinajstić information content (AvgIpc) is 0.761. The number of carbonyl (C=O) groups is 12. The summed E-state index contributed by atoms with van der Waals surface area (Å²) in [6, 6.07) is 22.3. The van der Waals surface area contributed by atoms with E-state index in [2.05, 4.69) is 71.4 Å². The maximum atomic E-state index is 15.0. The summed E-state index contributed by atoms with van der Waals surface area (Å²) in [5.41, 5.74) is 3.43. The maximum Gasteiger partial charge on any atom is 0.412 e. The molecule has 132 heavy (non-hydrogen) atoms. The highest BCUT2D eigenvalue weighted by atomic mass is 16.6. The van der Waals surface area contributed by atoms with Crippen molar-refractivity contribution in [1.29, 1.82) is 0 Å². The number of esters is 6. The van der Waals surface area contributed by atoms with Gasteiger partial charge in [-0.2, -0.15) is 0 Å². The van der Waals surface area contributed by atoms with Crippen molar-refractivity contribution in [2.24, 2.45) is 0 Å². The van der Waals surface area contributed by atoms with Gasteiger partial charge in [-0.25, -0.2) is 57.5 Å². The molecule has 0 aliphatic heterocycles. The van der Waals surface area contributed by atoms with Gasteiger partial charge in [0.05, 0.1) is 39.3 Å². The monoisotopic (exact) mass is 1820 g/mol. The van der Waals surface area contributed by atoms with Gasteiger partial charge in [0, 0.05) is 142 Å². The first-order valence-corrected chi connectivity index (χ1v) is 43.3. The Kier molecular flexibility index (Phi) is 37.2. The van der Waals surface area contributed by atoms with E-state index in [-0.39, 0.29) is 152 Å². The largest absolute Gasteiger partial charge is 0.461 e. The summed E-state index contributed by atoms with van der Waals surface area (Å²) in [6.45, 7) is 53.2. The molecule has 30 heteroatoms. The van der Waals surface area contributed by atoms with Gasteiger partial charge >= 0.3 is 72.4 Å². The lowest BCUT2D eigenvalue weighted by atomic mass is 9.79. The minimum atomic E-state index is -1.02. The van der Waals surface area contributed by atoms with Gasteiger partial charge in [0.2, 0.25) is 0 Å². The summed E-state index contributed by atoms with van der Waals surface area (Å²) in [6.07, 6.45) is -1.67. The molecule has 0 fully saturated rings. The van der Waals surface area contributed by atoms with E-state index in [0.717, 1.165) is 36.5 Å². The van der Waals surface area contributed by atoms with Crippen LogP contribution < -0.4 is 60.3 Å². The summed E-state index contributed by atoms with van der Waals surface area (Å²) < 4.78 is 71.9. The smallest absolute Gasteiger partial charge is 0.412 e. The second-order valence-corrected chi connectivity index (χ2v) is 37.4. The van der Waals surface area contributed by atoms with Crippen molar-refractivity contribution in [2.75, 3.05) is 78.9 Å². The van der Waals surface area contributed by atoms with Crippen LogP contribution in [0.25, 0.3) is 0 Å². The lowest BCUT2D eigenvalue weighted by Crippen LogP contribution is -2.32. The van der Waals surface area contributed by atoms with Crippen molar-refractivity contribution in [3.63, 3.8) is 0 Å². The van der Waals surface area contributed by atoms with E-state index in [1.165, 1.54) is 0 Å². The predicted molar refractivity (Wildman–Crippen MR) is 499 cm³/mol. The van der Waals surface area contributed by atoms with E-state index in [1.807, 2.05) is 197 Å². The SMILES string of the molecule is C=CC(=O)OCCNC(=O)Oc1c2cc(C(C)(C)C)cc1Cc1cc(C(C)(C)C)cc(c1OC(=O)NCCOC(=O)C=C)Cc1cc(C(C)(C)C)cc(c1OC(=O)NCCOC(=O)C=C)Cc1cc(C(C)(C)C)cc(c1OC(=O)NCCOC(=O)C=C)Cc1cc(C(C)(C)C)cc(c1OC(=O)NCCOC(=O)C=C)Cc1cc(C(C)(C)C)cc(c1OC(=O)NCCOC(=O)C=C)C2. The highest BCUT2D eigenvalue weighted by Crippen LogP contribution is 2.47. The lowest BCUT2D eigenvalue weighted by molar-refractivity contribution is -0.138. The van der Waals surface area contributed by atoms with Crippen LogP contribution in [0.4, 0.5) is 28.8 Å². The Balaban J connectivity index is 1.82. The van der Waals surface area contributed by atoms with Gasteiger partial charge in [0.1, 0.15) is 74.1 Å². The van der Waals surface area contributed by atoms with Gasteiger partial charge in [0.15, 0.2) is 0 Å². The van der Waals surface area contributed by atoms with Crippen LogP contribution in [0.5, 0.6) is 34.5 Å². The zero-order valence-corrected chi connectivity index (χ0v) is 79.2. The van der Waals surface area contributed by atoms with Crippen LogP contribution in [0.15, 0.2) is 149 Å². The minimum Gasteiger partial charge on any atom is -0.461 e. The van der Waals surface area contributed by atoms with Gasteiger partial charge < -0.3 is 88.7 Å². The standard InChI is InChI=1S/C102H126N6O24/c1-25-79(109)121-37-31-103-91(115)127-85-61-43-63-51-74(98(10,11)12)53-65(86(63)128-92(116)104-32-38-122-80(110)26-2)45-67-55-76(100(16,17)18)57-69(88(67)130-94(118)106-34-40-124-82(112)28-4)47-71-59-78(102(22,23)24)60-72(90(71)132-96(120)108-36-42-126-84(114)30-6)48-70-58-77(101(19,20)21)56-68(89(70)131-95(119)107-35-41-125-83(113)29-5)46-66-54-75(99(13,14)15)52-64(44-62(85)50-73(49-61)97(7,8)9)87(66)129-93(117)105-33-39-123-81(111)27-3/h25-30,49-60H,1-6,31-48H2,7-24H3,(H,103,115)(H,104,116)(H,105,117)(H,106,118)(H,107,119)(H,108,120). The first kappa shape index (κ1) is 105. The quantitative estimate of drug-likeness (QED) is 0.0105. The second-order valence-electron chi connectivity index (χ2n) is 37.4. The Bertz CT molecular complexity index is 4390. The van der Waals surface area contributed by atoms with Crippen molar-refractivity contribution in [2.45, 2.75) is 196 Å². The Labute approximate surface area is 772 Å². The molecule has 6 N–H and O–H groups in total. The van der Waals surface area contributed by atoms with Gasteiger partial charge in [-0.3, -0.25) is 0 Å². The fraction of sp³-hybridized carbons (Fsp3) is 0.412. The molecule has 0 saturated carbocycles.